The molecule has 0 aliphatic heterocycles. The first-order valence-electron chi connectivity index (χ1n) is 16.3. The molecule has 8 aromatic carbocycles. The molecule has 0 saturated heterocycles. The zero-order valence-corrected chi connectivity index (χ0v) is 26.3. The zero-order chi connectivity index (χ0) is 31.9. The smallest absolute Gasteiger partial charge is 0.136 e. The van der Waals surface area contributed by atoms with Gasteiger partial charge in [-0.3, -0.25) is 0 Å². The van der Waals surface area contributed by atoms with Crippen LogP contribution in [0.5, 0.6) is 0 Å². The number of hydrogen-bond acceptors (Lipinski definition) is 2. The van der Waals surface area contributed by atoms with Crippen LogP contribution in [0.1, 0.15) is 0 Å². The van der Waals surface area contributed by atoms with Crippen LogP contribution in [-0.4, -0.2) is 0 Å². The van der Waals surface area contributed by atoms with Gasteiger partial charge in [-0.2, -0.15) is 0 Å². The van der Waals surface area contributed by atoms with Crippen molar-refractivity contribution in [2.75, 3.05) is 4.90 Å². The molecule has 0 amide bonds. The summed E-state index contributed by atoms with van der Waals surface area (Å²) in [4.78, 5) is 2.36. The fourth-order valence-corrected chi connectivity index (χ4v) is 6.98. The number of nitrogens with zero attached hydrogens (tertiary/aromatic N) is 1. The highest BCUT2D eigenvalue weighted by Crippen LogP contribution is 2.42. The van der Waals surface area contributed by atoms with Crippen molar-refractivity contribution in [1.82, 2.24) is 0 Å². The summed E-state index contributed by atoms with van der Waals surface area (Å²) in [7, 11) is 0. The molecule has 226 valence electrons. The molecule has 2 heteroatoms. The minimum absolute atomic E-state index is 0.908. The highest BCUT2D eigenvalue weighted by Gasteiger charge is 2.17. The molecule has 0 atom stereocenters. The van der Waals surface area contributed by atoms with Gasteiger partial charge < -0.3 is 9.32 Å². The fourth-order valence-electron chi connectivity index (χ4n) is 6.98. The molecule has 0 unspecified atom stereocenters. The van der Waals surface area contributed by atoms with Crippen molar-refractivity contribution in [3.05, 3.63) is 188 Å². The lowest BCUT2D eigenvalue weighted by Crippen LogP contribution is -2.10. The zero-order valence-electron chi connectivity index (χ0n) is 26.3. The lowest BCUT2D eigenvalue weighted by molar-refractivity contribution is 0.669. The minimum atomic E-state index is 0.908. The van der Waals surface area contributed by atoms with Gasteiger partial charge in [-0.15, -0.1) is 0 Å². The third kappa shape index (κ3) is 4.92. The number of para-hydroxylation sites is 1. The summed E-state index contributed by atoms with van der Waals surface area (Å²) >= 11 is 0. The largest absolute Gasteiger partial charge is 0.456 e. The number of benzene rings is 8. The van der Waals surface area contributed by atoms with E-state index in [0.717, 1.165) is 44.6 Å². The SMILES string of the molecule is c1ccc(-c2ccc(N(c3cccc(-c4ccccc4)c3)c3cccc(-c4cccc5ccc6oc7ccccc7c6c45)c3)cc2)cc1. The molecule has 9 rings (SSSR count). The Bertz CT molecular complexity index is 2550. The molecule has 0 fully saturated rings. The lowest BCUT2D eigenvalue weighted by atomic mass is 9.94. The molecule has 0 aliphatic carbocycles. The Morgan fingerprint density at radius 2 is 0.917 bits per heavy atom. The van der Waals surface area contributed by atoms with E-state index in [1.165, 1.54) is 38.6 Å². The summed E-state index contributed by atoms with van der Waals surface area (Å²) in [5.41, 5.74) is 12.2. The average molecular weight is 614 g/mol. The van der Waals surface area contributed by atoms with E-state index < -0.39 is 0 Å². The Morgan fingerprint density at radius 1 is 0.333 bits per heavy atom. The van der Waals surface area contributed by atoms with Crippen molar-refractivity contribution < 1.29 is 4.42 Å². The highest BCUT2D eigenvalue weighted by atomic mass is 16.3. The number of furan rings is 1. The van der Waals surface area contributed by atoms with E-state index in [2.05, 4.69) is 187 Å². The Kier molecular flexibility index (Phi) is 6.84. The van der Waals surface area contributed by atoms with E-state index in [1.807, 2.05) is 6.07 Å². The average Bonchev–Trinajstić information content (AvgIpc) is 3.55. The molecule has 0 saturated carbocycles. The van der Waals surface area contributed by atoms with Crippen molar-refractivity contribution in [1.29, 1.82) is 0 Å². The van der Waals surface area contributed by atoms with Gasteiger partial charge in [-0.05, 0) is 87.3 Å². The second-order valence-electron chi connectivity index (χ2n) is 12.2. The van der Waals surface area contributed by atoms with Crippen LogP contribution in [0, 0.1) is 0 Å². The molecule has 2 nitrogen and oxygen atoms in total. The van der Waals surface area contributed by atoms with E-state index >= 15 is 0 Å². The molecule has 0 bridgehead atoms. The predicted molar refractivity (Wildman–Crippen MR) is 202 cm³/mol. The van der Waals surface area contributed by atoms with Crippen LogP contribution in [0.4, 0.5) is 17.1 Å². The van der Waals surface area contributed by atoms with Crippen LogP contribution in [0.2, 0.25) is 0 Å². The highest BCUT2D eigenvalue weighted by molar-refractivity contribution is 6.22. The number of rotatable bonds is 6. The number of fused-ring (bicyclic) bond motifs is 5. The summed E-state index contributed by atoms with van der Waals surface area (Å²) in [5, 5.41) is 4.70. The molecule has 0 spiro atoms. The summed E-state index contributed by atoms with van der Waals surface area (Å²) in [6, 6.07) is 66.9. The van der Waals surface area contributed by atoms with Gasteiger partial charge in [-0.25, -0.2) is 0 Å². The first-order chi connectivity index (χ1) is 23.8. The molecule has 9 aromatic rings. The monoisotopic (exact) mass is 613 g/mol. The number of hydrogen-bond donors (Lipinski definition) is 0. The van der Waals surface area contributed by atoms with Crippen LogP contribution < -0.4 is 4.90 Å². The summed E-state index contributed by atoms with van der Waals surface area (Å²) in [6.45, 7) is 0. The molecular weight excluding hydrogens is 583 g/mol. The first kappa shape index (κ1) is 27.9. The standard InChI is InChI=1S/C46H31NO/c1-3-12-32(13-4-1)34-24-27-38(28-25-34)47(39-19-9-17-36(30-39)33-14-5-2-6-15-33)40-20-10-18-37(31-40)41-22-11-16-35-26-29-44-46(45(35)41)42-21-7-8-23-43(42)48-44/h1-31H. The quantitative estimate of drug-likeness (QED) is 0.185. The molecule has 1 heterocycles. The van der Waals surface area contributed by atoms with Crippen molar-refractivity contribution in [2.45, 2.75) is 0 Å². The molecule has 0 aliphatic rings. The summed E-state index contributed by atoms with van der Waals surface area (Å²) in [6.07, 6.45) is 0. The topological polar surface area (TPSA) is 16.4 Å². The van der Waals surface area contributed by atoms with E-state index in [-0.39, 0.29) is 0 Å². The third-order valence-electron chi connectivity index (χ3n) is 9.24. The van der Waals surface area contributed by atoms with Crippen molar-refractivity contribution in [3.8, 4) is 33.4 Å². The summed E-state index contributed by atoms with van der Waals surface area (Å²) < 4.78 is 6.31. The van der Waals surface area contributed by atoms with Gasteiger partial charge in [0.05, 0.1) is 0 Å². The van der Waals surface area contributed by atoms with Crippen molar-refractivity contribution in [3.63, 3.8) is 0 Å². The Morgan fingerprint density at radius 3 is 1.67 bits per heavy atom. The second-order valence-corrected chi connectivity index (χ2v) is 12.2. The van der Waals surface area contributed by atoms with E-state index in [0.29, 0.717) is 0 Å². The maximum atomic E-state index is 6.31. The number of anilines is 3. The van der Waals surface area contributed by atoms with E-state index in [4.69, 9.17) is 4.42 Å². The summed E-state index contributed by atoms with van der Waals surface area (Å²) in [5.74, 6) is 0. The maximum Gasteiger partial charge on any atom is 0.136 e. The van der Waals surface area contributed by atoms with Crippen LogP contribution in [0.3, 0.4) is 0 Å². The first-order valence-corrected chi connectivity index (χ1v) is 16.3. The molecule has 0 radical (unpaired) electrons. The van der Waals surface area contributed by atoms with Gasteiger partial charge in [0.2, 0.25) is 0 Å². The van der Waals surface area contributed by atoms with E-state index in [1.54, 1.807) is 0 Å². The fraction of sp³-hybridized carbons (Fsp3) is 0. The maximum absolute atomic E-state index is 6.31. The molecule has 0 N–H and O–H groups in total. The van der Waals surface area contributed by atoms with Crippen LogP contribution >= 0.6 is 0 Å². The lowest BCUT2D eigenvalue weighted by Gasteiger charge is -2.27. The van der Waals surface area contributed by atoms with Crippen LogP contribution in [0.25, 0.3) is 66.1 Å². The molecule has 1 aromatic heterocycles. The van der Waals surface area contributed by atoms with Crippen LogP contribution in [-0.2, 0) is 0 Å². The van der Waals surface area contributed by atoms with Gasteiger partial charge in [-0.1, -0.05) is 140 Å². The van der Waals surface area contributed by atoms with Gasteiger partial charge in [0.25, 0.3) is 0 Å². The van der Waals surface area contributed by atoms with Crippen molar-refractivity contribution >= 4 is 49.8 Å². The van der Waals surface area contributed by atoms with Crippen molar-refractivity contribution in [2.24, 2.45) is 0 Å². The minimum Gasteiger partial charge on any atom is -0.456 e. The second kappa shape index (κ2) is 11.8. The molecule has 48 heavy (non-hydrogen) atoms. The Balaban J connectivity index is 1.22. The van der Waals surface area contributed by atoms with E-state index in [9.17, 15) is 0 Å². The van der Waals surface area contributed by atoms with Gasteiger partial charge in [0.15, 0.2) is 0 Å². The predicted octanol–water partition coefficient (Wildman–Crippen LogP) is 13.2. The Labute approximate surface area is 279 Å². The van der Waals surface area contributed by atoms with Gasteiger partial charge in [0, 0.05) is 33.2 Å². The van der Waals surface area contributed by atoms with Gasteiger partial charge >= 0.3 is 0 Å². The third-order valence-corrected chi connectivity index (χ3v) is 9.24. The normalized spacial score (nSPS) is 11.3. The molecular formula is C46H31NO. The Hall–Kier alpha value is -6.38. The van der Waals surface area contributed by atoms with Gasteiger partial charge in [0.1, 0.15) is 11.2 Å². The van der Waals surface area contributed by atoms with Crippen LogP contribution in [0.15, 0.2) is 192 Å².